The molecular weight excluding hydrogens is 419 g/mol. The second-order valence-electron chi connectivity index (χ2n) is 8.71. The van der Waals surface area contributed by atoms with Crippen LogP contribution in [0.3, 0.4) is 0 Å². The molecule has 0 unspecified atom stereocenters. The molecule has 0 aliphatic heterocycles. The maximum Gasteiger partial charge on any atom is 0.407 e. The topological polar surface area (TPSA) is 62.1 Å². The molecule has 31 heavy (non-hydrogen) atoms. The van der Waals surface area contributed by atoms with Gasteiger partial charge in [0, 0.05) is 19.3 Å². The number of benzene rings is 1. The SMILES string of the molecule is COc1ccc([C@H](N[C@@H](CC(F)(F)CC2CC2)C(=O)CC2(C#N)CC2)C(F)(F)F)cc1. The molecule has 0 spiro atoms. The maximum absolute atomic E-state index is 14.5. The average molecular weight is 444 g/mol. The Labute approximate surface area is 177 Å². The van der Waals surface area contributed by atoms with Gasteiger partial charge in [0.2, 0.25) is 5.92 Å². The molecule has 2 aliphatic rings. The number of hydrogen-bond acceptors (Lipinski definition) is 4. The summed E-state index contributed by atoms with van der Waals surface area (Å²) < 4.78 is 75.6. The van der Waals surface area contributed by atoms with E-state index in [0.717, 1.165) is 0 Å². The first kappa shape index (κ1) is 23.5. The number of carbonyl (C=O) groups is 1. The molecule has 2 fully saturated rings. The molecule has 0 radical (unpaired) electrons. The Morgan fingerprint density at radius 2 is 1.84 bits per heavy atom. The van der Waals surface area contributed by atoms with Gasteiger partial charge in [0.25, 0.3) is 0 Å². The lowest BCUT2D eigenvalue weighted by Gasteiger charge is -2.30. The first-order chi connectivity index (χ1) is 14.5. The monoisotopic (exact) mass is 444 g/mol. The number of methoxy groups -OCH3 is 1. The second kappa shape index (κ2) is 8.73. The highest BCUT2D eigenvalue weighted by atomic mass is 19.4. The number of Topliss-reactive ketones (excluding diaryl/α,β-unsaturated/α-hetero) is 1. The van der Waals surface area contributed by atoms with E-state index in [1.165, 1.54) is 31.4 Å². The van der Waals surface area contributed by atoms with Gasteiger partial charge in [-0.05, 0) is 49.3 Å². The summed E-state index contributed by atoms with van der Waals surface area (Å²) in [5.41, 5.74) is -1.14. The summed E-state index contributed by atoms with van der Waals surface area (Å²) in [4.78, 5) is 12.8. The maximum atomic E-state index is 14.5. The number of carbonyl (C=O) groups excluding carboxylic acids is 1. The van der Waals surface area contributed by atoms with Gasteiger partial charge in [0.05, 0.1) is 24.6 Å². The smallest absolute Gasteiger partial charge is 0.407 e. The van der Waals surface area contributed by atoms with Crippen LogP contribution in [-0.4, -0.2) is 31.0 Å². The molecule has 3 rings (SSSR count). The highest BCUT2D eigenvalue weighted by Crippen LogP contribution is 2.49. The molecule has 0 aromatic heterocycles. The number of ketones is 1. The van der Waals surface area contributed by atoms with Gasteiger partial charge in [-0.1, -0.05) is 12.1 Å². The van der Waals surface area contributed by atoms with E-state index in [1.54, 1.807) is 0 Å². The van der Waals surface area contributed by atoms with E-state index in [2.05, 4.69) is 5.32 Å². The fraction of sp³-hybridized carbons (Fsp3) is 0.636. The van der Waals surface area contributed by atoms with Crippen molar-refractivity contribution in [3.8, 4) is 11.8 Å². The number of rotatable bonds is 11. The van der Waals surface area contributed by atoms with Gasteiger partial charge in [0.15, 0.2) is 5.78 Å². The molecule has 2 atom stereocenters. The zero-order valence-corrected chi connectivity index (χ0v) is 17.1. The summed E-state index contributed by atoms with van der Waals surface area (Å²) in [7, 11) is 1.37. The number of nitrogens with one attached hydrogen (secondary N) is 1. The molecule has 2 aliphatic carbocycles. The fourth-order valence-corrected chi connectivity index (χ4v) is 3.70. The van der Waals surface area contributed by atoms with Crippen LogP contribution >= 0.6 is 0 Å². The number of nitriles is 1. The van der Waals surface area contributed by atoms with Crippen LogP contribution in [0.1, 0.15) is 56.6 Å². The van der Waals surface area contributed by atoms with Crippen molar-refractivity contribution in [2.24, 2.45) is 11.3 Å². The summed E-state index contributed by atoms with van der Waals surface area (Å²) in [5, 5.41) is 11.4. The van der Waals surface area contributed by atoms with E-state index < -0.39 is 48.2 Å². The van der Waals surface area contributed by atoms with E-state index >= 15 is 0 Å². The van der Waals surface area contributed by atoms with Crippen molar-refractivity contribution in [2.75, 3.05) is 7.11 Å². The quantitative estimate of drug-likeness (QED) is 0.468. The van der Waals surface area contributed by atoms with E-state index in [0.29, 0.717) is 31.4 Å². The Morgan fingerprint density at radius 1 is 1.23 bits per heavy atom. The number of hydrogen-bond donors (Lipinski definition) is 1. The molecule has 9 heteroatoms. The van der Waals surface area contributed by atoms with Gasteiger partial charge in [-0.3, -0.25) is 10.1 Å². The summed E-state index contributed by atoms with van der Waals surface area (Å²) in [5.74, 6) is -3.86. The van der Waals surface area contributed by atoms with Crippen LogP contribution in [0.4, 0.5) is 22.0 Å². The van der Waals surface area contributed by atoms with Gasteiger partial charge in [0.1, 0.15) is 11.8 Å². The predicted molar refractivity (Wildman–Crippen MR) is 103 cm³/mol. The highest BCUT2D eigenvalue weighted by molar-refractivity contribution is 5.85. The van der Waals surface area contributed by atoms with Crippen LogP contribution in [0.15, 0.2) is 24.3 Å². The van der Waals surface area contributed by atoms with Crippen LogP contribution in [-0.2, 0) is 4.79 Å². The number of nitrogens with zero attached hydrogens (tertiary/aromatic N) is 1. The van der Waals surface area contributed by atoms with E-state index in [-0.39, 0.29) is 17.9 Å². The van der Waals surface area contributed by atoms with Gasteiger partial charge in [-0.25, -0.2) is 8.78 Å². The Hall–Kier alpha value is -2.21. The second-order valence-corrected chi connectivity index (χ2v) is 8.71. The van der Waals surface area contributed by atoms with Crippen LogP contribution in [0.2, 0.25) is 0 Å². The van der Waals surface area contributed by atoms with Gasteiger partial charge in [-0.2, -0.15) is 18.4 Å². The first-order valence-corrected chi connectivity index (χ1v) is 10.3. The van der Waals surface area contributed by atoms with Crippen molar-refractivity contribution >= 4 is 5.78 Å². The van der Waals surface area contributed by atoms with Crippen molar-refractivity contribution in [3.05, 3.63) is 29.8 Å². The van der Waals surface area contributed by atoms with E-state index in [9.17, 15) is 32.0 Å². The Balaban J connectivity index is 1.83. The molecule has 2 saturated carbocycles. The zero-order valence-electron chi connectivity index (χ0n) is 17.1. The van der Waals surface area contributed by atoms with Crippen molar-refractivity contribution < 1.29 is 31.5 Å². The van der Waals surface area contributed by atoms with Crippen LogP contribution in [0.5, 0.6) is 5.75 Å². The molecule has 0 bridgehead atoms. The Kier molecular flexibility index (Phi) is 6.61. The van der Waals surface area contributed by atoms with E-state index in [1.807, 2.05) is 6.07 Å². The van der Waals surface area contributed by atoms with Gasteiger partial charge >= 0.3 is 6.18 Å². The minimum absolute atomic E-state index is 0.153. The Morgan fingerprint density at radius 3 is 2.29 bits per heavy atom. The lowest BCUT2D eigenvalue weighted by Crippen LogP contribution is -2.47. The fourth-order valence-electron chi connectivity index (χ4n) is 3.70. The van der Waals surface area contributed by atoms with Crippen LogP contribution in [0.25, 0.3) is 0 Å². The third-order valence-corrected chi connectivity index (χ3v) is 5.92. The average Bonchev–Trinajstić information content (AvgIpc) is 3.62. The third-order valence-electron chi connectivity index (χ3n) is 5.92. The number of halogens is 5. The molecule has 1 aromatic carbocycles. The summed E-state index contributed by atoms with van der Waals surface area (Å²) in [6.07, 6.45) is -4.39. The molecule has 0 heterocycles. The van der Waals surface area contributed by atoms with Crippen molar-refractivity contribution in [1.82, 2.24) is 5.32 Å². The minimum atomic E-state index is -4.81. The van der Waals surface area contributed by atoms with Crippen molar-refractivity contribution in [2.45, 2.75) is 69.1 Å². The molecule has 170 valence electrons. The Bertz CT molecular complexity index is 824. The predicted octanol–water partition coefficient (Wildman–Crippen LogP) is 5.35. The molecule has 0 saturated heterocycles. The van der Waals surface area contributed by atoms with Crippen molar-refractivity contribution in [3.63, 3.8) is 0 Å². The molecular formula is C22H25F5N2O2. The minimum Gasteiger partial charge on any atom is -0.497 e. The van der Waals surface area contributed by atoms with E-state index in [4.69, 9.17) is 4.74 Å². The highest BCUT2D eigenvalue weighted by Gasteiger charge is 2.50. The summed E-state index contributed by atoms with van der Waals surface area (Å²) in [6.45, 7) is 0. The lowest BCUT2D eigenvalue weighted by molar-refractivity contribution is -0.163. The molecule has 1 aromatic rings. The van der Waals surface area contributed by atoms with Gasteiger partial charge in [-0.15, -0.1) is 0 Å². The zero-order chi connectivity index (χ0) is 22.9. The first-order valence-electron chi connectivity index (χ1n) is 10.3. The van der Waals surface area contributed by atoms with Crippen molar-refractivity contribution in [1.29, 1.82) is 5.26 Å². The lowest BCUT2D eigenvalue weighted by atomic mass is 9.91. The normalized spacial score (nSPS) is 19.9. The standard InChI is InChI=1S/C22H25F5N2O2/c1-31-16-6-4-15(5-7-16)19(22(25,26)27)29-17(11-21(23,24)10-14-2-3-14)18(30)12-20(13-28)8-9-20/h4-7,14,17,19,29H,2-3,8-12H2,1H3/t17-,19-/m0/s1. The molecule has 0 amide bonds. The largest absolute Gasteiger partial charge is 0.497 e. The third kappa shape index (κ3) is 6.39. The van der Waals surface area contributed by atoms with Gasteiger partial charge < -0.3 is 4.74 Å². The van der Waals surface area contributed by atoms with Crippen LogP contribution < -0.4 is 10.1 Å². The number of alkyl halides is 5. The molecule has 1 N–H and O–H groups in total. The summed E-state index contributed by atoms with van der Waals surface area (Å²) >= 11 is 0. The molecule has 4 nitrogen and oxygen atoms in total. The van der Waals surface area contributed by atoms with Crippen LogP contribution in [0, 0.1) is 22.7 Å². The number of ether oxygens (including phenoxy) is 1. The summed E-state index contributed by atoms with van der Waals surface area (Å²) in [6, 6.07) is 3.03.